The normalized spacial score (nSPS) is 20.6. The molecule has 20 heavy (non-hydrogen) atoms. The summed E-state index contributed by atoms with van der Waals surface area (Å²) in [7, 11) is 0. The third kappa shape index (κ3) is 2.36. The fourth-order valence-corrected chi connectivity index (χ4v) is 3.19. The van der Waals surface area contributed by atoms with E-state index in [1.165, 1.54) is 0 Å². The van der Waals surface area contributed by atoms with Gasteiger partial charge in [-0.3, -0.25) is 9.59 Å². The van der Waals surface area contributed by atoms with E-state index in [4.69, 9.17) is 5.73 Å². The number of fused-ring (bicyclic) bond motifs is 1. The van der Waals surface area contributed by atoms with E-state index in [1.807, 2.05) is 12.1 Å². The molecular weight excluding hydrogens is 252 g/mol. The summed E-state index contributed by atoms with van der Waals surface area (Å²) in [6.07, 6.45) is 5.95. The van der Waals surface area contributed by atoms with Gasteiger partial charge < -0.3 is 11.1 Å². The Bertz CT molecular complexity index is 560. The van der Waals surface area contributed by atoms with Gasteiger partial charge in [-0.15, -0.1) is 0 Å². The van der Waals surface area contributed by atoms with Crippen molar-refractivity contribution in [2.75, 3.05) is 5.32 Å². The largest absolute Gasteiger partial charge is 0.324 e. The minimum absolute atomic E-state index is 0.127. The van der Waals surface area contributed by atoms with Crippen LogP contribution in [0.4, 0.5) is 5.69 Å². The Hall–Kier alpha value is -1.68. The van der Waals surface area contributed by atoms with Crippen LogP contribution in [0, 0.1) is 0 Å². The fourth-order valence-electron chi connectivity index (χ4n) is 3.19. The first-order chi connectivity index (χ1) is 9.58. The van der Waals surface area contributed by atoms with E-state index in [0.29, 0.717) is 12.1 Å². The summed E-state index contributed by atoms with van der Waals surface area (Å²) < 4.78 is 0. The van der Waals surface area contributed by atoms with E-state index in [0.717, 1.165) is 49.7 Å². The first-order valence-corrected chi connectivity index (χ1v) is 7.35. The third-order valence-electron chi connectivity index (χ3n) is 4.47. The number of Topliss-reactive ketones (excluding diaryl/α,β-unsaturated/α-hetero) is 1. The first kappa shape index (κ1) is 13.3. The SMILES string of the molecule is NC1(C(=O)Nc2ccc3c(c2)C(=O)CCC3)CCCC1. The van der Waals surface area contributed by atoms with Gasteiger partial charge in [0.05, 0.1) is 5.54 Å². The van der Waals surface area contributed by atoms with E-state index < -0.39 is 5.54 Å². The molecule has 1 saturated carbocycles. The van der Waals surface area contributed by atoms with Gasteiger partial charge in [0.25, 0.3) is 0 Å². The Kier molecular flexibility index (Phi) is 3.34. The molecule has 0 aromatic heterocycles. The van der Waals surface area contributed by atoms with Crippen molar-refractivity contribution >= 4 is 17.4 Å². The van der Waals surface area contributed by atoms with Crippen molar-refractivity contribution in [3.8, 4) is 0 Å². The van der Waals surface area contributed by atoms with Crippen LogP contribution in [0.5, 0.6) is 0 Å². The Balaban J connectivity index is 1.80. The number of hydrogen-bond donors (Lipinski definition) is 2. The molecule has 2 aliphatic carbocycles. The fraction of sp³-hybridized carbons (Fsp3) is 0.500. The van der Waals surface area contributed by atoms with Gasteiger partial charge in [-0.2, -0.15) is 0 Å². The minimum atomic E-state index is -0.736. The number of aryl methyl sites for hydroxylation is 1. The molecule has 1 fully saturated rings. The standard InChI is InChI=1S/C16H20N2O2/c17-16(8-1-2-9-16)15(20)18-12-7-6-11-4-3-5-14(19)13(11)10-12/h6-7,10H,1-5,8-9,17H2,(H,18,20). The van der Waals surface area contributed by atoms with Crippen molar-refractivity contribution in [2.24, 2.45) is 5.73 Å². The maximum absolute atomic E-state index is 12.3. The molecule has 1 aromatic rings. The van der Waals surface area contributed by atoms with Crippen LogP contribution in [0.2, 0.25) is 0 Å². The number of nitrogens with one attached hydrogen (secondary N) is 1. The molecule has 0 unspecified atom stereocenters. The molecule has 0 bridgehead atoms. The van der Waals surface area contributed by atoms with E-state index >= 15 is 0 Å². The van der Waals surface area contributed by atoms with Crippen LogP contribution in [0.25, 0.3) is 0 Å². The van der Waals surface area contributed by atoms with Crippen molar-refractivity contribution in [3.05, 3.63) is 29.3 Å². The van der Waals surface area contributed by atoms with Crippen molar-refractivity contribution in [2.45, 2.75) is 50.5 Å². The van der Waals surface area contributed by atoms with Gasteiger partial charge in [0, 0.05) is 17.7 Å². The van der Waals surface area contributed by atoms with Crippen molar-refractivity contribution in [1.29, 1.82) is 0 Å². The molecular formula is C16H20N2O2. The molecule has 4 heteroatoms. The second kappa shape index (κ2) is 5.02. The predicted octanol–water partition coefficient (Wildman–Crippen LogP) is 2.42. The molecule has 3 rings (SSSR count). The van der Waals surface area contributed by atoms with Crippen LogP contribution >= 0.6 is 0 Å². The highest BCUT2D eigenvalue weighted by Gasteiger charge is 2.37. The molecule has 3 N–H and O–H groups in total. The molecule has 1 aromatic carbocycles. The average Bonchev–Trinajstić information content (AvgIpc) is 2.88. The lowest BCUT2D eigenvalue weighted by Gasteiger charge is -2.23. The number of rotatable bonds is 2. The second-order valence-corrected chi connectivity index (χ2v) is 5.97. The van der Waals surface area contributed by atoms with Crippen LogP contribution in [-0.2, 0) is 11.2 Å². The second-order valence-electron chi connectivity index (χ2n) is 5.97. The molecule has 0 heterocycles. The molecule has 0 aliphatic heterocycles. The van der Waals surface area contributed by atoms with E-state index in [9.17, 15) is 9.59 Å². The number of amides is 1. The Morgan fingerprint density at radius 3 is 2.65 bits per heavy atom. The maximum atomic E-state index is 12.3. The van der Waals surface area contributed by atoms with Crippen LogP contribution in [-0.4, -0.2) is 17.2 Å². The number of benzene rings is 1. The minimum Gasteiger partial charge on any atom is -0.324 e. The molecule has 0 atom stereocenters. The molecule has 4 nitrogen and oxygen atoms in total. The van der Waals surface area contributed by atoms with Gasteiger partial charge >= 0.3 is 0 Å². The molecule has 2 aliphatic rings. The zero-order valence-electron chi connectivity index (χ0n) is 11.6. The van der Waals surface area contributed by atoms with Crippen LogP contribution in [0.3, 0.4) is 0 Å². The van der Waals surface area contributed by atoms with Crippen LogP contribution in [0.15, 0.2) is 18.2 Å². The van der Waals surface area contributed by atoms with Gasteiger partial charge in [-0.1, -0.05) is 18.9 Å². The van der Waals surface area contributed by atoms with Gasteiger partial charge in [0.15, 0.2) is 5.78 Å². The van der Waals surface area contributed by atoms with E-state index in [2.05, 4.69) is 5.32 Å². The summed E-state index contributed by atoms with van der Waals surface area (Å²) in [4.78, 5) is 24.2. The smallest absolute Gasteiger partial charge is 0.244 e. The topological polar surface area (TPSA) is 72.2 Å². The quantitative estimate of drug-likeness (QED) is 0.868. The zero-order chi connectivity index (χ0) is 14.2. The highest BCUT2D eigenvalue weighted by atomic mass is 16.2. The number of nitrogens with two attached hydrogens (primary N) is 1. The molecule has 0 spiro atoms. The van der Waals surface area contributed by atoms with Crippen molar-refractivity contribution in [1.82, 2.24) is 0 Å². The van der Waals surface area contributed by atoms with Crippen molar-refractivity contribution < 1.29 is 9.59 Å². The predicted molar refractivity (Wildman–Crippen MR) is 77.7 cm³/mol. The number of ketones is 1. The van der Waals surface area contributed by atoms with Crippen molar-refractivity contribution in [3.63, 3.8) is 0 Å². The number of carbonyl (C=O) groups is 2. The van der Waals surface area contributed by atoms with Crippen LogP contribution in [0.1, 0.15) is 54.4 Å². The first-order valence-electron chi connectivity index (χ1n) is 7.35. The Morgan fingerprint density at radius 1 is 1.15 bits per heavy atom. The lowest BCUT2D eigenvalue weighted by atomic mass is 9.90. The summed E-state index contributed by atoms with van der Waals surface area (Å²) in [6.45, 7) is 0. The average molecular weight is 272 g/mol. The summed E-state index contributed by atoms with van der Waals surface area (Å²) in [5.74, 6) is 0.0453. The molecule has 106 valence electrons. The summed E-state index contributed by atoms with van der Waals surface area (Å²) in [5.41, 5.74) is 7.92. The highest BCUT2D eigenvalue weighted by molar-refractivity contribution is 6.02. The van der Waals surface area contributed by atoms with E-state index in [-0.39, 0.29) is 11.7 Å². The third-order valence-corrected chi connectivity index (χ3v) is 4.47. The lowest BCUT2D eigenvalue weighted by molar-refractivity contribution is -0.121. The monoisotopic (exact) mass is 272 g/mol. The van der Waals surface area contributed by atoms with Crippen LogP contribution < -0.4 is 11.1 Å². The number of anilines is 1. The van der Waals surface area contributed by atoms with Gasteiger partial charge in [-0.05, 0) is 43.4 Å². The lowest BCUT2D eigenvalue weighted by Crippen LogP contribution is -2.48. The number of carbonyl (C=O) groups excluding carboxylic acids is 2. The Morgan fingerprint density at radius 2 is 1.90 bits per heavy atom. The zero-order valence-corrected chi connectivity index (χ0v) is 11.6. The van der Waals surface area contributed by atoms with Gasteiger partial charge in [0.2, 0.25) is 5.91 Å². The molecule has 1 amide bonds. The van der Waals surface area contributed by atoms with Gasteiger partial charge in [-0.25, -0.2) is 0 Å². The summed E-state index contributed by atoms with van der Waals surface area (Å²) in [5, 5.41) is 2.88. The molecule has 0 radical (unpaired) electrons. The number of hydrogen-bond acceptors (Lipinski definition) is 3. The molecule has 0 saturated heterocycles. The van der Waals surface area contributed by atoms with Gasteiger partial charge in [0.1, 0.15) is 0 Å². The highest BCUT2D eigenvalue weighted by Crippen LogP contribution is 2.29. The Labute approximate surface area is 118 Å². The maximum Gasteiger partial charge on any atom is 0.244 e. The summed E-state index contributed by atoms with van der Waals surface area (Å²) in [6, 6.07) is 5.61. The summed E-state index contributed by atoms with van der Waals surface area (Å²) >= 11 is 0. The van der Waals surface area contributed by atoms with E-state index in [1.54, 1.807) is 6.07 Å².